The first kappa shape index (κ1) is 23.2. The van der Waals surface area contributed by atoms with E-state index in [1.807, 2.05) is 0 Å². The van der Waals surface area contributed by atoms with Crippen LogP contribution >= 0.6 is 11.6 Å². The number of carbonyl (C=O) groups is 2. The van der Waals surface area contributed by atoms with Gasteiger partial charge < -0.3 is 10.1 Å². The maximum atomic E-state index is 13.9. The van der Waals surface area contributed by atoms with Crippen molar-refractivity contribution in [2.45, 2.75) is 13.1 Å². The molecule has 1 N–H and O–H groups in total. The predicted octanol–water partition coefficient (Wildman–Crippen LogP) is 5.53. The summed E-state index contributed by atoms with van der Waals surface area (Å²) in [6.07, 6.45) is -4.81. The lowest BCUT2D eigenvalue weighted by Crippen LogP contribution is -2.16. The second kappa shape index (κ2) is 8.79. The van der Waals surface area contributed by atoms with E-state index < -0.39 is 23.5 Å². The van der Waals surface area contributed by atoms with Gasteiger partial charge in [-0.2, -0.15) is 18.3 Å². The molecule has 4 aromatic rings. The molecule has 0 fully saturated rings. The van der Waals surface area contributed by atoms with Crippen LogP contribution in [0.25, 0.3) is 16.9 Å². The average Bonchev–Trinajstić information content (AvgIpc) is 3.14. The average molecular weight is 489 g/mol. The van der Waals surface area contributed by atoms with E-state index in [9.17, 15) is 22.8 Å². The van der Waals surface area contributed by atoms with Crippen molar-refractivity contribution in [2.24, 2.45) is 0 Å². The van der Waals surface area contributed by atoms with Crippen LogP contribution in [-0.4, -0.2) is 33.4 Å². The van der Waals surface area contributed by atoms with Gasteiger partial charge >= 0.3 is 6.18 Å². The molecule has 0 aliphatic heterocycles. The zero-order valence-corrected chi connectivity index (χ0v) is 18.5. The topological polar surface area (TPSA) is 85.6 Å². The highest BCUT2D eigenvalue weighted by molar-refractivity contribution is 6.37. The number of ether oxygens (including phenoxy) is 1. The van der Waals surface area contributed by atoms with E-state index in [1.165, 1.54) is 44.4 Å². The number of fused-ring (bicyclic) bond motifs is 1. The molecule has 0 spiro atoms. The van der Waals surface area contributed by atoms with Crippen molar-refractivity contribution in [1.29, 1.82) is 0 Å². The van der Waals surface area contributed by atoms with Gasteiger partial charge in [0, 0.05) is 16.8 Å². The number of alkyl halides is 3. The molecule has 1 amide bonds. The second-order valence-electron chi connectivity index (χ2n) is 7.24. The van der Waals surface area contributed by atoms with Crippen LogP contribution in [0.15, 0.2) is 54.6 Å². The van der Waals surface area contributed by atoms with Gasteiger partial charge in [-0.05, 0) is 49.4 Å². The summed E-state index contributed by atoms with van der Waals surface area (Å²) >= 11 is 6.28. The fourth-order valence-electron chi connectivity index (χ4n) is 3.25. The summed E-state index contributed by atoms with van der Waals surface area (Å²) in [6, 6.07) is 13.2. The minimum absolute atomic E-state index is 0.0210. The Balaban J connectivity index is 1.79. The molecule has 0 atom stereocenters. The third kappa shape index (κ3) is 4.44. The Hall–Kier alpha value is -3.92. The lowest BCUT2D eigenvalue weighted by molar-refractivity contribution is -0.142. The highest BCUT2D eigenvalue weighted by Crippen LogP contribution is 2.35. The van der Waals surface area contributed by atoms with Crippen molar-refractivity contribution in [2.75, 3.05) is 12.4 Å². The minimum atomic E-state index is -4.81. The molecule has 4 rings (SSSR count). The lowest BCUT2D eigenvalue weighted by atomic mass is 10.1. The summed E-state index contributed by atoms with van der Waals surface area (Å²) < 4.78 is 47.2. The third-order valence-electron chi connectivity index (χ3n) is 4.95. The van der Waals surface area contributed by atoms with Crippen molar-refractivity contribution in [3.8, 4) is 17.0 Å². The number of hydrogen-bond acceptors (Lipinski definition) is 5. The number of rotatable bonds is 5. The fraction of sp³-hybridized carbons (Fsp3) is 0.130. The molecule has 174 valence electrons. The number of benzene rings is 2. The van der Waals surface area contributed by atoms with Crippen LogP contribution in [0.5, 0.6) is 5.75 Å². The van der Waals surface area contributed by atoms with E-state index in [4.69, 9.17) is 16.3 Å². The molecular weight excluding hydrogens is 473 g/mol. The molecule has 7 nitrogen and oxygen atoms in total. The molecule has 2 heterocycles. The Morgan fingerprint density at radius 3 is 2.41 bits per heavy atom. The van der Waals surface area contributed by atoms with Crippen molar-refractivity contribution < 1.29 is 27.5 Å². The van der Waals surface area contributed by atoms with Gasteiger partial charge in [-0.15, -0.1) is 0 Å². The first-order valence-corrected chi connectivity index (χ1v) is 10.2. The summed E-state index contributed by atoms with van der Waals surface area (Å²) in [5.74, 6) is -0.552. The zero-order chi connectivity index (χ0) is 24.6. The smallest absolute Gasteiger partial charge is 0.433 e. The number of methoxy groups -OCH3 is 1. The molecule has 11 heteroatoms. The van der Waals surface area contributed by atoms with Crippen molar-refractivity contribution in [1.82, 2.24) is 14.6 Å². The van der Waals surface area contributed by atoms with Gasteiger partial charge in [0.25, 0.3) is 5.91 Å². The summed E-state index contributed by atoms with van der Waals surface area (Å²) in [6.45, 7) is 1.40. The number of Topliss-reactive ketones (excluding diaryl/α,β-unsaturated/α-hetero) is 1. The number of aromatic nitrogens is 3. The Kier molecular flexibility index (Phi) is 6.01. The van der Waals surface area contributed by atoms with Crippen LogP contribution in [0.1, 0.15) is 33.5 Å². The standard InChI is InChI=1S/C23H16ClF3N4O3/c1-12(32)13-6-8-15(9-7-13)28-22(33)20-19(24)21-29-17(14-4-3-5-16(10-14)34-2)11-18(23(25,26)27)31(21)30-20/h3-11H,1-2H3,(H,28,33). The molecule has 0 bridgehead atoms. The molecule has 0 aliphatic rings. The molecule has 0 aliphatic carbocycles. The molecule has 2 aromatic carbocycles. The summed E-state index contributed by atoms with van der Waals surface area (Å²) in [4.78, 5) is 28.4. The zero-order valence-electron chi connectivity index (χ0n) is 17.8. The molecular formula is C23H16ClF3N4O3. The maximum Gasteiger partial charge on any atom is 0.433 e. The predicted molar refractivity (Wildman–Crippen MR) is 119 cm³/mol. The quantitative estimate of drug-likeness (QED) is 0.373. The van der Waals surface area contributed by atoms with Crippen LogP contribution in [0, 0.1) is 0 Å². The number of amides is 1. The number of carbonyl (C=O) groups excluding carboxylic acids is 2. The molecule has 0 saturated carbocycles. The Labute approximate surface area is 196 Å². The van der Waals surface area contributed by atoms with E-state index in [2.05, 4.69) is 15.4 Å². The van der Waals surface area contributed by atoms with Gasteiger partial charge in [-0.1, -0.05) is 23.7 Å². The lowest BCUT2D eigenvalue weighted by Gasteiger charge is -2.11. The van der Waals surface area contributed by atoms with Crippen LogP contribution in [0.3, 0.4) is 0 Å². The largest absolute Gasteiger partial charge is 0.497 e. The Morgan fingerprint density at radius 1 is 1.09 bits per heavy atom. The number of halogens is 4. The normalized spacial score (nSPS) is 11.5. The highest BCUT2D eigenvalue weighted by Gasteiger charge is 2.36. The van der Waals surface area contributed by atoms with E-state index in [0.29, 0.717) is 27.1 Å². The number of hydrogen-bond donors (Lipinski definition) is 1. The molecule has 34 heavy (non-hydrogen) atoms. The van der Waals surface area contributed by atoms with Gasteiger partial charge in [0.05, 0.1) is 12.8 Å². The molecule has 0 saturated heterocycles. The van der Waals surface area contributed by atoms with E-state index in [1.54, 1.807) is 18.2 Å². The summed E-state index contributed by atoms with van der Waals surface area (Å²) in [5, 5.41) is 5.97. The van der Waals surface area contributed by atoms with Crippen molar-refractivity contribution in [3.63, 3.8) is 0 Å². The number of ketones is 1. The molecule has 0 radical (unpaired) electrons. The van der Waals surface area contributed by atoms with Crippen LogP contribution in [0.2, 0.25) is 5.02 Å². The SMILES string of the molecule is COc1cccc(-c2cc(C(F)(F)F)n3nc(C(=O)Nc4ccc(C(C)=O)cc4)c(Cl)c3n2)c1. The summed E-state index contributed by atoms with van der Waals surface area (Å²) in [5.41, 5.74) is -0.822. The van der Waals surface area contributed by atoms with Crippen molar-refractivity contribution >= 4 is 34.6 Å². The fourth-order valence-corrected chi connectivity index (χ4v) is 3.49. The van der Waals surface area contributed by atoms with Crippen LogP contribution in [-0.2, 0) is 6.18 Å². The van der Waals surface area contributed by atoms with Crippen LogP contribution in [0.4, 0.5) is 18.9 Å². The Morgan fingerprint density at radius 2 is 1.79 bits per heavy atom. The van der Waals surface area contributed by atoms with Crippen LogP contribution < -0.4 is 10.1 Å². The molecule has 0 unspecified atom stereocenters. The minimum Gasteiger partial charge on any atom is -0.497 e. The highest BCUT2D eigenvalue weighted by atomic mass is 35.5. The number of nitrogens with one attached hydrogen (secondary N) is 1. The van der Waals surface area contributed by atoms with Gasteiger partial charge in [-0.25, -0.2) is 9.50 Å². The van der Waals surface area contributed by atoms with Gasteiger partial charge in [-0.3, -0.25) is 9.59 Å². The third-order valence-corrected chi connectivity index (χ3v) is 5.30. The van der Waals surface area contributed by atoms with E-state index in [0.717, 1.165) is 6.07 Å². The summed E-state index contributed by atoms with van der Waals surface area (Å²) in [7, 11) is 1.43. The van der Waals surface area contributed by atoms with Gasteiger partial charge in [0.2, 0.25) is 0 Å². The first-order chi connectivity index (χ1) is 16.1. The monoisotopic (exact) mass is 488 g/mol. The molecule has 2 aromatic heterocycles. The number of nitrogens with zero attached hydrogens (tertiary/aromatic N) is 3. The number of anilines is 1. The van der Waals surface area contributed by atoms with E-state index >= 15 is 0 Å². The second-order valence-corrected chi connectivity index (χ2v) is 7.62. The van der Waals surface area contributed by atoms with Gasteiger partial charge in [0.1, 0.15) is 10.8 Å². The Bertz CT molecular complexity index is 1420. The maximum absolute atomic E-state index is 13.9. The van der Waals surface area contributed by atoms with E-state index in [-0.39, 0.29) is 22.1 Å². The van der Waals surface area contributed by atoms with Crippen molar-refractivity contribution in [3.05, 3.63) is 76.6 Å². The first-order valence-electron chi connectivity index (χ1n) is 9.81. The van der Waals surface area contributed by atoms with Gasteiger partial charge in [0.15, 0.2) is 22.8 Å².